The second kappa shape index (κ2) is 11.2. The first-order valence-electron chi connectivity index (χ1n) is 14.5. The van der Waals surface area contributed by atoms with Crippen molar-refractivity contribution in [1.82, 2.24) is 14.5 Å². The van der Waals surface area contributed by atoms with Crippen LogP contribution in [0.15, 0.2) is 97.1 Å². The molecule has 0 atom stereocenters. The van der Waals surface area contributed by atoms with Crippen molar-refractivity contribution in [2.24, 2.45) is 0 Å². The Labute approximate surface area is 271 Å². The molecule has 0 aliphatic heterocycles. The van der Waals surface area contributed by atoms with E-state index in [1.807, 2.05) is 43.3 Å². The van der Waals surface area contributed by atoms with Crippen LogP contribution in [0, 0.1) is 19.9 Å². The molecular formula is C38H32N3O2Pt-. The van der Waals surface area contributed by atoms with Crippen LogP contribution < -0.4 is 4.74 Å². The standard InChI is InChI=1S/C38H32N3O2.Pt/c1-23-19-24(2)39-34(20-23)41-31-14-10-9-13-29(31)36-30(38(3,4)5)21-26(22-32(36)41)43-35-18-16-28-27(25-11-7-6-8-12-25)15-17-33(42)37(28)40-35;/h6-21,42H,1-5H3;/q-1;. The second-order valence-corrected chi connectivity index (χ2v) is 12.2. The number of ether oxygens (including phenoxy) is 1. The monoisotopic (exact) mass is 757 g/mol. The summed E-state index contributed by atoms with van der Waals surface area (Å²) in [5, 5.41) is 13.9. The molecule has 3 heterocycles. The van der Waals surface area contributed by atoms with Crippen molar-refractivity contribution < 1.29 is 30.9 Å². The van der Waals surface area contributed by atoms with E-state index in [0.717, 1.165) is 61.0 Å². The van der Waals surface area contributed by atoms with Gasteiger partial charge in [0.2, 0.25) is 5.88 Å². The van der Waals surface area contributed by atoms with E-state index in [-0.39, 0.29) is 32.2 Å². The van der Waals surface area contributed by atoms with E-state index in [2.05, 4.69) is 92.9 Å². The van der Waals surface area contributed by atoms with Crippen LogP contribution in [0.5, 0.6) is 17.4 Å². The molecule has 222 valence electrons. The van der Waals surface area contributed by atoms with E-state index >= 15 is 0 Å². The molecule has 0 spiro atoms. The zero-order chi connectivity index (χ0) is 29.9. The fourth-order valence-corrected chi connectivity index (χ4v) is 6.03. The zero-order valence-corrected chi connectivity index (χ0v) is 27.5. The first-order chi connectivity index (χ1) is 20.7. The quantitative estimate of drug-likeness (QED) is 0.182. The first-order valence-corrected chi connectivity index (χ1v) is 14.5. The van der Waals surface area contributed by atoms with Crippen LogP contribution in [-0.4, -0.2) is 19.6 Å². The Morgan fingerprint density at radius 2 is 1.55 bits per heavy atom. The van der Waals surface area contributed by atoms with Gasteiger partial charge in [0.15, 0.2) is 0 Å². The molecule has 44 heavy (non-hydrogen) atoms. The van der Waals surface area contributed by atoms with Gasteiger partial charge in [-0.15, -0.1) is 17.7 Å². The Morgan fingerprint density at radius 1 is 0.795 bits per heavy atom. The smallest absolute Gasteiger partial charge is 0.217 e. The SMILES string of the molecule is Cc1cc(C)nc(-n2c3[c-]c(Oc4ccc5c(-c6ccccc6)ccc(O)c5n4)cc(C(C)(C)C)c3c3ccccc32)c1.[Pt]. The molecular weight excluding hydrogens is 726 g/mol. The molecule has 3 aromatic heterocycles. The molecule has 0 amide bonds. The third-order valence-corrected chi connectivity index (χ3v) is 7.89. The van der Waals surface area contributed by atoms with E-state index < -0.39 is 0 Å². The number of benzene rings is 4. The molecule has 0 saturated heterocycles. The van der Waals surface area contributed by atoms with Crippen molar-refractivity contribution in [1.29, 1.82) is 0 Å². The summed E-state index contributed by atoms with van der Waals surface area (Å²) in [4.78, 5) is 9.68. The molecule has 1 N–H and O–H groups in total. The summed E-state index contributed by atoms with van der Waals surface area (Å²) in [7, 11) is 0. The summed E-state index contributed by atoms with van der Waals surface area (Å²) in [6.45, 7) is 10.8. The minimum atomic E-state index is -0.184. The molecule has 5 nitrogen and oxygen atoms in total. The van der Waals surface area contributed by atoms with Gasteiger partial charge in [0, 0.05) is 49.5 Å². The van der Waals surface area contributed by atoms with E-state index in [1.165, 1.54) is 0 Å². The summed E-state index contributed by atoms with van der Waals surface area (Å²) >= 11 is 0. The number of rotatable bonds is 4. The number of aromatic nitrogens is 3. The van der Waals surface area contributed by atoms with Gasteiger partial charge in [0.1, 0.15) is 17.1 Å². The normalized spacial score (nSPS) is 11.7. The van der Waals surface area contributed by atoms with Crippen molar-refractivity contribution in [3.05, 3.63) is 120 Å². The predicted molar refractivity (Wildman–Crippen MR) is 175 cm³/mol. The summed E-state index contributed by atoms with van der Waals surface area (Å²) in [5.41, 5.74) is 7.58. The summed E-state index contributed by atoms with van der Waals surface area (Å²) < 4.78 is 8.63. The number of nitrogens with zero attached hydrogens (tertiary/aromatic N) is 3. The number of aromatic hydroxyl groups is 1. The molecule has 0 radical (unpaired) electrons. The molecule has 4 aromatic carbocycles. The third-order valence-electron chi connectivity index (χ3n) is 7.89. The number of hydrogen-bond donors (Lipinski definition) is 1. The molecule has 0 aliphatic carbocycles. The zero-order valence-electron chi connectivity index (χ0n) is 25.3. The number of hydrogen-bond acceptors (Lipinski definition) is 4. The molecule has 7 rings (SSSR count). The molecule has 0 bridgehead atoms. The van der Waals surface area contributed by atoms with Gasteiger partial charge in [-0.1, -0.05) is 80.2 Å². The van der Waals surface area contributed by atoms with Crippen LogP contribution in [0.4, 0.5) is 0 Å². The van der Waals surface area contributed by atoms with Gasteiger partial charge in [-0.25, -0.2) is 9.97 Å². The van der Waals surface area contributed by atoms with Gasteiger partial charge < -0.3 is 14.4 Å². The Bertz CT molecular complexity index is 2160. The maximum atomic E-state index is 10.8. The Kier molecular flexibility index (Phi) is 7.55. The maximum absolute atomic E-state index is 10.8. The van der Waals surface area contributed by atoms with Crippen molar-refractivity contribution in [3.63, 3.8) is 0 Å². The van der Waals surface area contributed by atoms with Crippen LogP contribution >= 0.6 is 0 Å². The van der Waals surface area contributed by atoms with Gasteiger partial charge in [0.25, 0.3) is 0 Å². The molecule has 0 fully saturated rings. The largest absolute Gasteiger partial charge is 0.506 e. The van der Waals surface area contributed by atoms with Gasteiger partial charge in [-0.3, -0.25) is 0 Å². The third kappa shape index (κ3) is 5.16. The molecule has 6 heteroatoms. The van der Waals surface area contributed by atoms with Gasteiger partial charge >= 0.3 is 0 Å². The van der Waals surface area contributed by atoms with Crippen molar-refractivity contribution >= 4 is 32.7 Å². The van der Waals surface area contributed by atoms with Crippen LogP contribution in [0.1, 0.15) is 37.6 Å². The average Bonchev–Trinajstić information content (AvgIpc) is 3.31. The van der Waals surface area contributed by atoms with Crippen LogP contribution in [-0.2, 0) is 26.5 Å². The Morgan fingerprint density at radius 3 is 2.30 bits per heavy atom. The van der Waals surface area contributed by atoms with E-state index in [1.54, 1.807) is 6.07 Å². The fraction of sp³-hybridized carbons (Fsp3) is 0.158. The number of para-hydroxylation sites is 1. The first kappa shape index (κ1) is 29.6. The van der Waals surface area contributed by atoms with Gasteiger partial charge in [-0.2, -0.15) is 0 Å². The van der Waals surface area contributed by atoms with E-state index in [9.17, 15) is 5.11 Å². The topological polar surface area (TPSA) is 60.2 Å². The van der Waals surface area contributed by atoms with Gasteiger partial charge in [0.05, 0.1) is 0 Å². The minimum Gasteiger partial charge on any atom is -0.506 e. The predicted octanol–water partition coefficient (Wildman–Crippen LogP) is 9.60. The van der Waals surface area contributed by atoms with Crippen molar-refractivity contribution in [2.45, 2.75) is 40.0 Å². The molecule has 0 aliphatic rings. The van der Waals surface area contributed by atoms with Crippen molar-refractivity contribution in [2.75, 3.05) is 0 Å². The average molecular weight is 758 g/mol. The van der Waals surface area contributed by atoms with Gasteiger partial charge in [-0.05, 0) is 77.7 Å². The number of aryl methyl sites for hydroxylation is 2. The molecule has 7 aromatic rings. The van der Waals surface area contributed by atoms with E-state index in [0.29, 0.717) is 17.1 Å². The van der Waals surface area contributed by atoms with Crippen molar-refractivity contribution in [3.8, 4) is 34.3 Å². The summed E-state index contributed by atoms with van der Waals surface area (Å²) in [5.74, 6) is 1.89. The maximum Gasteiger partial charge on any atom is 0.217 e. The Balaban J connectivity index is 0.00000343. The van der Waals surface area contributed by atoms with Crippen LogP contribution in [0.3, 0.4) is 0 Å². The minimum absolute atomic E-state index is 0. The second-order valence-electron chi connectivity index (χ2n) is 12.2. The summed E-state index contributed by atoms with van der Waals surface area (Å²) in [6.07, 6.45) is 0. The summed E-state index contributed by atoms with van der Waals surface area (Å²) in [6, 6.07) is 35.8. The Hall–Kier alpha value is -4.47. The number of pyridine rings is 2. The van der Waals surface area contributed by atoms with Crippen LogP contribution in [0.25, 0.3) is 49.7 Å². The number of fused-ring (bicyclic) bond motifs is 4. The number of phenolic OH excluding ortho intramolecular Hbond substituents is 1. The van der Waals surface area contributed by atoms with Crippen LogP contribution in [0.2, 0.25) is 0 Å². The van der Waals surface area contributed by atoms with E-state index in [4.69, 9.17) is 14.7 Å². The molecule has 0 saturated carbocycles. The fourth-order valence-electron chi connectivity index (χ4n) is 6.03. The number of phenols is 1. The molecule has 0 unspecified atom stereocenters.